The molecular weight excluding hydrogens is 288 g/mol. The van der Waals surface area contributed by atoms with Gasteiger partial charge in [-0.25, -0.2) is 15.8 Å². The van der Waals surface area contributed by atoms with Crippen LogP contribution in [0.3, 0.4) is 0 Å². The molecule has 0 amide bonds. The summed E-state index contributed by atoms with van der Waals surface area (Å²) in [6.07, 6.45) is 0. The first-order valence-electron chi connectivity index (χ1n) is 6.49. The third kappa shape index (κ3) is 2.63. The van der Waals surface area contributed by atoms with Crippen molar-refractivity contribution >= 4 is 29.3 Å². The van der Waals surface area contributed by atoms with Crippen LogP contribution in [0.2, 0.25) is 0 Å². The van der Waals surface area contributed by atoms with Crippen LogP contribution in [0.15, 0.2) is 29.2 Å². The minimum Gasteiger partial charge on any atom is -0.308 e. The molecule has 0 unspecified atom stereocenters. The molecule has 1 aliphatic heterocycles. The van der Waals surface area contributed by atoms with Crippen molar-refractivity contribution in [3.63, 3.8) is 0 Å². The van der Waals surface area contributed by atoms with Gasteiger partial charge in [0.2, 0.25) is 0 Å². The first-order valence-corrected chi connectivity index (χ1v) is 8.63. The lowest BCUT2D eigenvalue weighted by molar-refractivity contribution is 1.06. The molecule has 0 atom stereocenters. The predicted octanol–water partition coefficient (Wildman–Crippen LogP) is 3.29. The monoisotopic (exact) mass is 304 g/mol. The maximum absolute atomic E-state index is 5.58. The van der Waals surface area contributed by atoms with Gasteiger partial charge in [-0.05, 0) is 17.9 Å². The van der Waals surface area contributed by atoms with Crippen molar-refractivity contribution in [3.8, 4) is 11.4 Å². The zero-order valence-corrected chi connectivity index (χ0v) is 12.9. The molecule has 4 nitrogen and oxygen atoms in total. The largest absolute Gasteiger partial charge is 0.308 e. The van der Waals surface area contributed by atoms with Crippen molar-refractivity contribution < 1.29 is 0 Å². The Kier molecular flexibility index (Phi) is 4.14. The molecule has 0 fully saturated rings. The van der Waals surface area contributed by atoms with Crippen LogP contribution in [0, 0.1) is 0 Å². The number of hydrazine groups is 1. The van der Waals surface area contributed by atoms with E-state index in [2.05, 4.69) is 46.6 Å². The Morgan fingerprint density at radius 2 is 2.05 bits per heavy atom. The molecule has 2 aromatic rings. The number of benzene rings is 1. The van der Waals surface area contributed by atoms with E-state index >= 15 is 0 Å². The summed E-state index contributed by atoms with van der Waals surface area (Å²) in [5.41, 5.74) is 5.97. The van der Waals surface area contributed by atoms with Crippen LogP contribution >= 0.6 is 23.5 Å². The number of anilines is 1. The molecule has 1 aliphatic rings. The van der Waals surface area contributed by atoms with Gasteiger partial charge in [-0.3, -0.25) is 0 Å². The van der Waals surface area contributed by atoms with Gasteiger partial charge < -0.3 is 5.43 Å². The van der Waals surface area contributed by atoms with Crippen LogP contribution in [-0.4, -0.2) is 15.7 Å². The Morgan fingerprint density at radius 1 is 1.25 bits per heavy atom. The van der Waals surface area contributed by atoms with Gasteiger partial charge in [0.15, 0.2) is 5.82 Å². The highest BCUT2D eigenvalue weighted by Gasteiger charge is 2.19. The van der Waals surface area contributed by atoms with Gasteiger partial charge >= 0.3 is 0 Å². The fraction of sp³-hybridized carbons (Fsp3) is 0.286. The molecule has 2 heterocycles. The van der Waals surface area contributed by atoms with E-state index in [1.807, 2.05) is 23.5 Å². The fourth-order valence-corrected chi connectivity index (χ4v) is 3.87. The molecule has 20 heavy (non-hydrogen) atoms. The molecule has 0 saturated heterocycles. The number of hydrogen-bond donors (Lipinski definition) is 2. The van der Waals surface area contributed by atoms with Gasteiger partial charge in [-0.1, -0.05) is 19.1 Å². The van der Waals surface area contributed by atoms with E-state index in [1.54, 1.807) is 0 Å². The molecule has 6 heteroatoms. The molecule has 0 radical (unpaired) electrons. The lowest BCUT2D eigenvalue weighted by Gasteiger charge is -2.09. The maximum Gasteiger partial charge on any atom is 0.161 e. The normalized spacial score (nSPS) is 13.3. The Labute approximate surface area is 126 Å². The van der Waals surface area contributed by atoms with E-state index in [4.69, 9.17) is 5.84 Å². The van der Waals surface area contributed by atoms with Crippen molar-refractivity contribution in [1.82, 2.24) is 9.97 Å². The summed E-state index contributed by atoms with van der Waals surface area (Å²) in [6.45, 7) is 2.15. The molecular formula is C14H16N4S2. The van der Waals surface area contributed by atoms with Crippen LogP contribution in [0.5, 0.6) is 0 Å². The highest BCUT2D eigenvalue weighted by molar-refractivity contribution is 7.99. The Bertz CT molecular complexity index is 613. The lowest BCUT2D eigenvalue weighted by Crippen LogP contribution is -2.12. The van der Waals surface area contributed by atoms with Crippen molar-refractivity contribution in [1.29, 1.82) is 0 Å². The van der Waals surface area contributed by atoms with E-state index in [1.165, 1.54) is 4.90 Å². The summed E-state index contributed by atoms with van der Waals surface area (Å²) in [5.74, 6) is 10.0. The van der Waals surface area contributed by atoms with Gasteiger partial charge in [0.05, 0.1) is 5.69 Å². The summed E-state index contributed by atoms with van der Waals surface area (Å²) >= 11 is 3.67. The maximum atomic E-state index is 5.58. The van der Waals surface area contributed by atoms with Gasteiger partial charge in [0.1, 0.15) is 5.82 Å². The van der Waals surface area contributed by atoms with Crippen LogP contribution in [0.4, 0.5) is 5.82 Å². The predicted molar refractivity (Wildman–Crippen MR) is 86.7 cm³/mol. The molecule has 1 aromatic heterocycles. The van der Waals surface area contributed by atoms with Crippen LogP contribution in [0.1, 0.15) is 18.2 Å². The molecule has 3 rings (SSSR count). The van der Waals surface area contributed by atoms with Crippen molar-refractivity contribution in [3.05, 3.63) is 35.5 Å². The number of hydrogen-bond acceptors (Lipinski definition) is 6. The molecule has 3 N–H and O–H groups in total. The third-order valence-electron chi connectivity index (χ3n) is 3.14. The molecule has 1 aromatic carbocycles. The Balaban J connectivity index is 1.97. The topological polar surface area (TPSA) is 63.8 Å². The zero-order valence-electron chi connectivity index (χ0n) is 11.2. The summed E-state index contributed by atoms with van der Waals surface area (Å²) in [7, 11) is 0. The highest BCUT2D eigenvalue weighted by atomic mass is 32.2. The second-order valence-corrected chi connectivity index (χ2v) is 6.74. The van der Waals surface area contributed by atoms with Crippen molar-refractivity contribution in [2.24, 2.45) is 5.84 Å². The second-order valence-electron chi connectivity index (χ2n) is 4.42. The number of nitrogens with one attached hydrogen (secondary N) is 1. The number of thioether (sulfide) groups is 2. The molecule has 0 saturated carbocycles. The zero-order chi connectivity index (χ0) is 13.9. The van der Waals surface area contributed by atoms with E-state index in [0.29, 0.717) is 0 Å². The lowest BCUT2D eigenvalue weighted by atomic mass is 10.2. The molecule has 0 spiro atoms. The average Bonchev–Trinajstić information content (AvgIpc) is 2.95. The summed E-state index contributed by atoms with van der Waals surface area (Å²) in [5, 5.41) is 0. The minimum absolute atomic E-state index is 0.743. The first-order chi connectivity index (χ1) is 9.81. The number of fused-ring (bicyclic) bond motifs is 1. The average molecular weight is 304 g/mol. The third-order valence-corrected chi connectivity index (χ3v) is 5.00. The van der Waals surface area contributed by atoms with Gasteiger partial charge in [-0.15, -0.1) is 11.8 Å². The summed E-state index contributed by atoms with van der Waals surface area (Å²) in [6, 6.07) is 8.37. The number of nitrogens with two attached hydrogens (primary N) is 1. The minimum atomic E-state index is 0.743. The van der Waals surface area contributed by atoms with Crippen molar-refractivity contribution in [2.45, 2.75) is 23.3 Å². The summed E-state index contributed by atoms with van der Waals surface area (Å²) < 4.78 is 0. The molecule has 0 bridgehead atoms. The number of nitrogens with zero attached hydrogens (tertiary/aromatic N) is 2. The SMILES string of the molecule is CCSc1ccc(-c2nc3c(c(NN)n2)CSC3)cc1. The fourth-order valence-electron chi connectivity index (χ4n) is 2.17. The standard InChI is InChI=1S/C14H16N4S2/c1-2-20-10-5-3-9(4-6-10)13-16-12-8-19-7-11(12)14(17-13)18-15/h3-6H,2,7-8,15H2,1H3,(H,16,17,18). The van der Waals surface area contributed by atoms with Gasteiger partial charge in [-0.2, -0.15) is 11.8 Å². The first kappa shape index (κ1) is 13.7. The highest BCUT2D eigenvalue weighted by Crippen LogP contribution is 2.34. The number of nitrogen functional groups attached to an aromatic ring is 1. The number of aromatic nitrogens is 2. The van der Waals surface area contributed by atoms with Crippen LogP contribution < -0.4 is 11.3 Å². The molecule has 104 valence electrons. The molecule has 0 aliphatic carbocycles. The van der Waals surface area contributed by atoms with E-state index in [0.717, 1.165) is 45.7 Å². The second kappa shape index (κ2) is 6.03. The summed E-state index contributed by atoms with van der Waals surface area (Å²) in [4.78, 5) is 10.5. The smallest absolute Gasteiger partial charge is 0.161 e. The quantitative estimate of drug-likeness (QED) is 0.513. The van der Waals surface area contributed by atoms with E-state index < -0.39 is 0 Å². The Morgan fingerprint density at radius 3 is 2.75 bits per heavy atom. The van der Waals surface area contributed by atoms with Crippen molar-refractivity contribution in [2.75, 3.05) is 11.2 Å². The van der Waals surface area contributed by atoms with E-state index in [9.17, 15) is 0 Å². The number of rotatable bonds is 4. The Hall–Kier alpha value is -1.24. The van der Waals surface area contributed by atoms with Gasteiger partial charge in [0, 0.05) is 27.5 Å². The van der Waals surface area contributed by atoms with Gasteiger partial charge in [0.25, 0.3) is 0 Å². The van der Waals surface area contributed by atoms with E-state index in [-0.39, 0.29) is 0 Å². The van der Waals surface area contributed by atoms with Crippen LogP contribution in [0.25, 0.3) is 11.4 Å². The van der Waals surface area contributed by atoms with Crippen LogP contribution in [-0.2, 0) is 11.5 Å².